The van der Waals surface area contributed by atoms with Crippen molar-refractivity contribution in [3.8, 4) is 6.07 Å². The zero-order chi connectivity index (χ0) is 11.8. The molecular formula is C13H20N2O. The summed E-state index contributed by atoms with van der Waals surface area (Å²) in [6.45, 7) is 3.58. The van der Waals surface area contributed by atoms with Gasteiger partial charge in [0.1, 0.15) is 6.04 Å². The molecule has 1 N–H and O–H groups in total. The molecule has 3 heteroatoms. The van der Waals surface area contributed by atoms with Gasteiger partial charge in [0, 0.05) is 6.42 Å². The minimum absolute atomic E-state index is 0.0305. The van der Waals surface area contributed by atoms with Gasteiger partial charge in [-0.05, 0) is 25.2 Å². The Hall–Kier alpha value is -1.30. The number of carbonyl (C=O) groups is 1. The average Bonchev–Trinajstić information content (AvgIpc) is 2.34. The number of carbonyl (C=O) groups excluding carboxylic acids is 1. The predicted molar refractivity (Wildman–Crippen MR) is 63.5 cm³/mol. The van der Waals surface area contributed by atoms with Gasteiger partial charge in [-0.15, -0.1) is 6.58 Å². The molecular weight excluding hydrogens is 200 g/mol. The van der Waals surface area contributed by atoms with Gasteiger partial charge in [-0.1, -0.05) is 25.3 Å². The molecule has 1 amide bonds. The van der Waals surface area contributed by atoms with Gasteiger partial charge in [0.15, 0.2) is 0 Å². The molecule has 0 radical (unpaired) electrons. The van der Waals surface area contributed by atoms with Crippen molar-refractivity contribution in [2.45, 2.75) is 51.0 Å². The minimum atomic E-state index is -0.294. The first-order chi connectivity index (χ1) is 7.77. The Bertz CT molecular complexity index is 274. The molecule has 0 heterocycles. The molecule has 1 rings (SSSR count). The largest absolute Gasteiger partial charge is 0.340 e. The second-order valence-corrected chi connectivity index (χ2v) is 4.40. The second-order valence-electron chi connectivity index (χ2n) is 4.40. The third kappa shape index (κ3) is 4.06. The summed E-state index contributed by atoms with van der Waals surface area (Å²) in [5.74, 6) is 0.323. The standard InChI is InChI=1S/C13H20N2O/c1-2-3-9-13(16)15-12(10-14)11-7-5-4-6-8-11/h2,11-12H,1,3-9H2,(H,15,16)/t12-/m1/s1. The van der Waals surface area contributed by atoms with Crippen LogP contribution in [0.25, 0.3) is 0 Å². The summed E-state index contributed by atoms with van der Waals surface area (Å²) < 4.78 is 0. The maximum Gasteiger partial charge on any atom is 0.221 e. The van der Waals surface area contributed by atoms with Crippen molar-refractivity contribution in [1.29, 1.82) is 5.26 Å². The van der Waals surface area contributed by atoms with Crippen LogP contribution in [0.2, 0.25) is 0 Å². The first-order valence-corrected chi connectivity index (χ1v) is 6.07. The van der Waals surface area contributed by atoms with Crippen molar-refractivity contribution < 1.29 is 4.79 Å². The van der Waals surface area contributed by atoms with E-state index in [4.69, 9.17) is 5.26 Å². The smallest absolute Gasteiger partial charge is 0.221 e. The normalized spacial score (nSPS) is 18.4. The fourth-order valence-corrected chi connectivity index (χ4v) is 2.20. The van der Waals surface area contributed by atoms with E-state index in [1.165, 1.54) is 19.3 Å². The van der Waals surface area contributed by atoms with Crippen LogP contribution in [0.5, 0.6) is 0 Å². The predicted octanol–water partition coefficient (Wildman–Crippen LogP) is 2.54. The van der Waals surface area contributed by atoms with Crippen LogP contribution in [0.15, 0.2) is 12.7 Å². The van der Waals surface area contributed by atoms with Gasteiger partial charge in [-0.3, -0.25) is 4.79 Å². The van der Waals surface area contributed by atoms with E-state index in [2.05, 4.69) is 18.0 Å². The SMILES string of the molecule is C=CCCC(=O)N[C@H](C#N)C1CCCCC1. The third-order valence-electron chi connectivity index (χ3n) is 3.15. The summed E-state index contributed by atoms with van der Waals surface area (Å²) in [4.78, 5) is 11.5. The lowest BCUT2D eigenvalue weighted by Gasteiger charge is -2.26. The van der Waals surface area contributed by atoms with Crippen molar-refractivity contribution in [3.63, 3.8) is 0 Å². The summed E-state index contributed by atoms with van der Waals surface area (Å²) in [5.41, 5.74) is 0. The van der Waals surface area contributed by atoms with Crippen LogP contribution in [0.4, 0.5) is 0 Å². The van der Waals surface area contributed by atoms with E-state index in [0.29, 0.717) is 18.8 Å². The van der Waals surface area contributed by atoms with E-state index in [1.54, 1.807) is 6.08 Å². The molecule has 0 aliphatic heterocycles. The van der Waals surface area contributed by atoms with Crippen molar-refractivity contribution in [2.24, 2.45) is 5.92 Å². The first kappa shape index (κ1) is 12.8. The number of hydrogen-bond donors (Lipinski definition) is 1. The molecule has 88 valence electrons. The maximum absolute atomic E-state index is 11.5. The zero-order valence-electron chi connectivity index (χ0n) is 9.74. The van der Waals surface area contributed by atoms with Crippen LogP contribution in [-0.2, 0) is 4.79 Å². The van der Waals surface area contributed by atoms with Gasteiger partial charge in [-0.25, -0.2) is 0 Å². The molecule has 1 aliphatic carbocycles. The molecule has 1 saturated carbocycles. The van der Waals surface area contributed by atoms with Gasteiger partial charge in [0.05, 0.1) is 6.07 Å². The summed E-state index contributed by atoms with van der Waals surface area (Å²) in [6.07, 6.45) is 8.61. The monoisotopic (exact) mass is 220 g/mol. The van der Waals surface area contributed by atoms with E-state index in [1.807, 2.05) is 0 Å². The number of nitriles is 1. The number of nitrogens with one attached hydrogen (secondary N) is 1. The Kier molecular flexibility index (Phi) is 5.63. The fourth-order valence-electron chi connectivity index (χ4n) is 2.20. The summed E-state index contributed by atoms with van der Waals surface area (Å²) in [7, 11) is 0. The highest BCUT2D eigenvalue weighted by Gasteiger charge is 2.24. The van der Waals surface area contributed by atoms with E-state index in [9.17, 15) is 4.79 Å². The molecule has 0 aromatic rings. The highest BCUT2D eigenvalue weighted by atomic mass is 16.1. The quantitative estimate of drug-likeness (QED) is 0.724. The van der Waals surface area contributed by atoms with Gasteiger partial charge in [0.25, 0.3) is 0 Å². The number of amides is 1. The fraction of sp³-hybridized carbons (Fsp3) is 0.692. The summed E-state index contributed by atoms with van der Waals surface area (Å²) >= 11 is 0. The Morgan fingerprint density at radius 3 is 2.75 bits per heavy atom. The maximum atomic E-state index is 11.5. The molecule has 0 spiro atoms. The number of hydrogen-bond acceptors (Lipinski definition) is 2. The van der Waals surface area contributed by atoms with Crippen molar-refractivity contribution in [3.05, 3.63) is 12.7 Å². The Morgan fingerprint density at radius 1 is 1.50 bits per heavy atom. The highest BCUT2D eigenvalue weighted by molar-refractivity contribution is 5.76. The Labute approximate surface area is 97.5 Å². The van der Waals surface area contributed by atoms with Crippen LogP contribution < -0.4 is 5.32 Å². The van der Waals surface area contributed by atoms with Crippen LogP contribution in [0, 0.1) is 17.2 Å². The minimum Gasteiger partial charge on any atom is -0.340 e. The van der Waals surface area contributed by atoms with Gasteiger partial charge >= 0.3 is 0 Å². The van der Waals surface area contributed by atoms with Crippen molar-refractivity contribution >= 4 is 5.91 Å². The van der Waals surface area contributed by atoms with Crippen molar-refractivity contribution in [1.82, 2.24) is 5.32 Å². The molecule has 0 aromatic carbocycles. The molecule has 0 unspecified atom stereocenters. The first-order valence-electron chi connectivity index (χ1n) is 6.07. The molecule has 0 saturated heterocycles. The molecule has 3 nitrogen and oxygen atoms in total. The van der Waals surface area contributed by atoms with Crippen LogP contribution in [0.3, 0.4) is 0 Å². The molecule has 1 atom stereocenters. The highest BCUT2D eigenvalue weighted by Crippen LogP contribution is 2.26. The molecule has 16 heavy (non-hydrogen) atoms. The zero-order valence-corrected chi connectivity index (χ0v) is 9.74. The Morgan fingerprint density at radius 2 is 2.19 bits per heavy atom. The topological polar surface area (TPSA) is 52.9 Å². The summed E-state index contributed by atoms with van der Waals surface area (Å²) in [6, 6.07) is 1.93. The molecule has 1 aliphatic rings. The number of allylic oxidation sites excluding steroid dienone is 1. The number of nitrogens with zero attached hydrogens (tertiary/aromatic N) is 1. The third-order valence-corrected chi connectivity index (χ3v) is 3.15. The van der Waals surface area contributed by atoms with E-state index in [0.717, 1.165) is 12.8 Å². The number of rotatable bonds is 5. The lowest BCUT2D eigenvalue weighted by Crippen LogP contribution is -2.39. The van der Waals surface area contributed by atoms with E-state index in [-0.39, 0.29) is 11.9 Å². The van der Waals surface area contributed by atoms with Gasteiger partial charge in [0.2, 0.25) is 5.91 Å². The van der Waals surface area contributed by atoms with Crippen LogP contribution in [0.1, 0.15) is 44.9 Å². The van der Waals surface area contributed by atoms with Crippen molar-refractivity contribution in [2.75, 3.05) is 0 Å². The van der Waals surface area contributed by atoms with E-state index >= 15 is 0 Å². The molecule has 1 fully saturated rings. The van der Waals surface area contributed by atoms with Crippen LogP contribution >= 0.6 is 0 Å². The van der Waals surface area contributed by atoms with Gasteiger partial charge in [-0.2, -0.15) is 5.26 Å². The lowest BCUT2D eigenvalue weighted by atomic mass is 9.84. The Balaban J connectivity index is 2.38. The lowest BCUT2D eigenvalue weighted by molar-refractivity contribution is -0.121. The average molecular weight is 220 g/mol. The summed E-state index contributed by atoms with van der Waals surface area (Å²) in [5, 5.41) is 11.9. The van der Waals surface area contributed by atoms with E-state index < -0.39 is 0 Å². The second kappa shape index (κ2) is 7.05. The van der Waals surface area contributed by atoms with Crippen LogP contribution in [-0.4, -0.2) is 11.9 Å². The molecule has 0 aromatic heterocycles. The molecule has 0 bridgehead atoms. The van der Waals surface area contributed by atoms with Gasteiger partial charge < -0.3 is 5.32 Å².